The first-order chi connectivity index (χ1) is 10.0. The van der Waals surface area contributed by atoms with Crippen LogP contribution in [0.2, 0.25) is 0 Å². The standard InChI is InChI=1S/C15H16N2O4/c1-3-7-16-13(18)10-21-14(19)9-17-15(20)12-6-4-5-11(2)8-12/h1,4-6,8H,7,9-10H2,2H3,(H,16,18)(H,17,20). The minimum absolute atomic E-state index is 0.0699. The number of terminal acetylenes is 1. The van der Waals surface area contributed by atoms with Crippen LogP contribution in [0.4, 0.5) is 0 Å². The molecular formula is C15H16N2O4. The summed E-state index contributed by atoms with van der Waals surface area (Å²) in [5.41, 5.74) is 1.39. The van der Waals surface area contributed by atoms with Crippen molar-refractivity contribution < 1.29 is 19.1 Å². The summed E-state index contributed by atoms with van der Waals surface area (Å²) in [6.07, 6.45) is 4.96. The Morgan fingerprint density at radius 1 is 1.29 bits per heavy atom. The summed E-state index contributed by atoms with van der Waals surface area (Å²) >= 11 is 0. The number of hydrogen-bond acceptors (Lipinski definition) is 4. The van der Waals surface area contributed by atoms with Crippen molar-refractivity contribution >= 4 is 17.8 Å². The number of amides is 2. The van der Waals surface area contributed by atoms with Crippen LogP contribution in [0.1, 0.15) is 15.9 Å². The molecule has 6 heteroatoms. The van der Waals surface area contributed by atoms with E-state index in [1.54, 1.807) is 18.2 Å². The first-order valence-corrected chi connectivity index (χ1v) is 6.23. The molecular weight excluding hydrogens is 272 g/mol. The van der Waals surface area contributed by atoms with Gasteiger partial charge in [0.05, 0.1) is 6.54 Å². The van der Waals surface area contributed by atoms with Crippen LogP contribution in [0.15, 0.2) is 24.3 Å². The number of rotatable bonds is 6. The minimum Gasteiger partial charge on any atom is -0.454 e. The van der Waals surface area contributed by atoms with Gasteiger partial charge in [0.15, 0.2) is 6.61 Å². The predicted octanol–water partition coefficient (Wildman–Crippen LogP) is 0.0174. The molecule has 21 heavy (non-hydrogen) atoms. The number of nitrogens with one attached hydrogen (secondary N) is 2. The molecule has 0 aliphatic heterocycles. The number of hydrogen-bond donors (Lipinski definition) is 2. The summed E-state index contributed by atoms with van der Waals surface area (Å²) in [4.78, 5) is 34.3. The van der Waals surface area contributed by atoms with Crippen LogP contribution in [-0.4, -0.2) is 37.5 Å². The lowest BCUT2D eigenvalue weighted by Gasteiger charge is -2.07. The summed E-state index contributed by atoms with van der Waals surface area (Å²) in [5, 5.41) is 4.76. The second kappa shape index (κ2) is 8.38. The van der Waals surface area contributed by atoms with E-state index < -0.39 is 18.5 Å². The van der Waals surface area contributed by atoms with E-state index in [0.717, 1.165) is 5.56 Å². The minimum atomic E-state index is -0.702. The number of carbonyl (C=O) groups is 3. The van der Waals surface area contributed by atoms with E-state index in [1.165, 1.54) is 0 Å². The molecule has 0 heterocycles. The summed E-state index contributed by atoms with van der Waals surface area (Å²) < 4.78 is 4.68. The second-order valence-electron chi connectivity index (χ2n) is 4.19. The molecule has 0 saturated heterocycles. The highest BCUT2D eigenvalue weighted by molar-refractivity contribution is 5.96. The van der Waals surface area contributed by atoms with Gasteiger partial charge in [-0.1, -0.05) is 23.6 Å². The van der Waals surface area contributed by atoms with Gasteiger partial charge >= 0.3 is 5.97 Å². The van der Waals surface area contributed by atoms with E-state index in [0.29, 0.717) is 5.56 Å². The second-order valence-corrected chi connectivity index (χ2v) is 4.19. The van der Waals surface area contributed by atoms with Crippen molar-refractivity contribution in [2.75, 3.05) is 19.7 Å². The summed E-state index contributed by atoms with van der Waals surface area (Å²) in [6.45, 7) is 1.19. The molecule has 1 aromatic carbocycles. The third kappa shape index (κ3) is 6.25. The number of benzene rings is 1. The van der Waals surface area contributed by atoms with Gasteiger partial charge in [0, 0.05) is 5.56 Å². The molecule has 110 valence electrons. The first-order valence-electron chi connectivity index (χ1n) is 6.23. The normalized spacial score (nSPS) is 9.33. The lowest BCUT2D eigenvalue weighted by Crippen LogP contribution is -2.34. The van der Waals surface area contributed by atoms with Crippen LogP contribution in [0.5, 0.6) is 0 Å². The maximum atomic E-state index is 11.8. The van der Waals surface area contributed by atoms with Crippen LogP contribution in [-0.2, 0) is 14.3 Å². The summed E-state index contributed by atoms with van der Waals surface area (Å²) in [6, 6.07) is 6.95. The molecule has 0 fully saturated rings. The average Bonchev–Trinajstić information content (AvgIpc) is 2.48. The average molecular weight is 288 g/mol. The molecule has 0 spiro atoms. The van der Waals surface area contributed by atoms with Gasteiger partial charge < -0.3 is 15.4 Å². The van der Waals surface area contributed by atoms with Gasteiger partial charge in [0.2, 0.25) is 0 Å². The Morgan fingerprint density at radius 3 is 2.71 bits per heavy atom. The number of esters is 1. The molecule has 1 aromatic rings. The SMILES string of the molecule is C#CCNC(=O)COC(=O)CNC(=O)c1cccc(C)c1. The molecule has 0 aromatic heterocycles. The molecule has 6 nitrogen and oxygen atoms in total. The largest absolute Gasteiger partial charge is 0.454 e. The van der Waals surface area contributed by atoms with Crippen molar-refractivity contribution in [2.45, 2.75) is 6.92 Å². The molecule has 2 amide bonds. The molecule has 0 aliphatic rings. The van der Waals surface area contributed by atoms with E-state index >= 15 is 0 Å². The fourth-order valence-electron chi connectivity index (χ4n) is 1.44. The van der Waals surface area contributed by atoms with Crippen LogP contribution in [0.25, 0.3) is 0 Å². The molecule has 0 atom stereocenters. The zero-order valence-electron chi connectivity index (χ0n) is 11.6. The van der Waals surface area contributed by atoms with Crippen molar-refractivity contribution in [3.05, 3.63) is 35.4 Å². The number of ether oxygens (including phenoxy) is 1. The van der Waals surface area contributed by atoms with E-state index in [9.17, 15) is 14.4 Å². The Bertz CT molecular complexity index is 575. The quantitative estimate of drug-likeness (QED) is 0.571. The summed E-state index contributed by atoms with van der Waals surface area (Å²) in [7, 11) is 0. The topological polar surface area (TPSA) is 84.5 Å². The monoisotopic (exact) mass is 288 g/mol. The van der Waals surface area contributed by atoms with Crippen molar-refractivity contribution in [1.29, 1.82) is 0 Å². The van der Waals surface area contributed by atoms with Crippen LogP contribution in [0.3, 0.4) is 0 Å². The fraction of sp³-hybridized carbons (Fsp3) is 0.267. The van der Waals surface area contributed by atoms with Gasteiger partial charge in [-0.2, -0.15) is 0 Å². The van der Waals surface area contributed by atoms with Crippen molar-refractivity contribution in [1.82, 2.24) is 10.6 Å². The predicted molar refractivity (Wildman–Crippen MR) is 76.3 cm³/mol. The Balaban J connectivity index is 2.31. The number of aryl methyl sites for hydroxylation is 1. The highest BCUT2D eigenvalue weighted by atomic mass is 16.5. The molecule has 0 aliphatic carbocycles. The Morgan fingerprint density at radius 2 is 2.05 bits per heavy atom. The molecule has 0 bridgehead atoms. The third-order valence-electron chi connectivity index (χ3n) is 2.43. The molecule has 0 saturated carbocycles. The van der Waals surface area contributed by atoms with Gasteiger partial charge in [-0.15, -0.1) is 6.42 Å². The third-order valence-corrected chi connectivity index (χ3v) is 2.43. The lowest BCUT2D eigenvalue weighted by atomic mass is 10.1. The van der Waals surface area contributed by atoms with Crippen LogP contribution >= 0.6 is 0 Å². The van der Waals surface area contributed by atoms with Crippen molar-refractivity contribution in [2.24, 2.45) is 0 Å². The Kier molecular flexibility index (Phi) is 6.48. The van der Waals surface area contributed by atoms with Gasteiger partial charge in [0.25, 0.3) is 11.8 Å². The number of carbonyl (C=O) groups excluding carboxylic acids is 3. The zero-order valence-corrected chi connectivity index (χ0v) is 11.6. The molecule has 0 unspecified atom stereocenters. The molecule has 0 radical (unpaired) electrons. The smallest absolute Gasteiger partial charge is 0.325 e. The maximum Gasteiger partial charge on any atom is 0.325 e. The summed E-state index contributed by atoms with van der Waals surface area (Å²) in [5.74, 6) is 0.641. The highest BCUT2D eigenvalue weighted by Gasteiger charge is 2.10. The van der Waals surface area contributed by atoms with Crippen molar-refractivity contribution in [3.63, 3.8) is 0 Å². The van der Waals surface area contributed by atoms with E-state index in [4.69, 9.17) is 6.42 Å². The maximum absolute atomic E-state index is 11.8. The zero-order chi connectivity index (χ0) is 15.7. The van der Waals surface area contributed by atoms with E-state index in [-0.39, 0.29) is 19.0 Å². The first kappa shape index (κ1) is 16.2. The van der Waals surface area contributed by atoms with E-state index in [1.807, 2.05) is 13.0 Å². The molecule has 2 N–H and O–H groups in total. The van der Waals surface area contributed by atoms with E-state index in [2.05, 4.69) is 21.3 Å². The van der Waals surface area contributed by atoms with Crippen LogP contribution < -0.4 is 10.6 Å². The van der Waals surface area contributed by atoms with Crippen LogP contribution in [0, 0.1) is 19.3 Å². The van der Waals surface area contributed by atoms with Gasteiger partial charge in [-0.25, -0.2) is 0 Å². The highest BCUT2D eigenvalue weighted by Crippen LogP contribution is 2.03. The van der Waals surface area contributed by atoms with Gasteiger partial charge in [-0.3, -0.25) is 14.4 Å². The molecule has 1 rings (SSSR count). The Hall–Kier alpha value is -2.81. The fourth-order valence-corrected chi connectivity index (χ4v) is 1.44. The van der Waals surface area contributed by atoms with Gasteiger partial charge in [0.1, 0.15) is 6.54 Å². The van der Waals surface area contributed by atoms with Gasteiger partial charge in [-0.05, 0) is 19.1 Å². The Labute approximate surface area is 122 Å². The van der Waals surface area contributed by atoms with Crippen molar-refractivity contribution in [3.8, 4) is 12.3 Å². The lowest BCUT2D eigenvalue weighted by molar-refractivity contribution is -0.147.